The van der Waals surface area contributed by atoms with E-state index in [-0.39, 0.29) is 5.78 Å². The van der Waals surface area contributed by atoms with Crippen LogP contribution in [-0.2, 0) is 0 Å². The van der Waals surface area contributed by atoms with Gasteiger partial charge in [-0.2, -0.15) is 0 Å². The zero-order valence-corrected chi connectivity index (χ0v) is 9.09. The van der Waals surface area contributed by atoms with Gasteiger partial charge in [-0.3, -0.25) is 4.79 Å². The van der Waals surface area contributed by atoms with Crippen LogP contribution in [0.25, 0.3) is 6.08 Å². The third-order valence-corrected chi connectivity index (χ3v) is 2.67. The van der Waals surface area contributed by atoms with Crippen LogP contribution in [0.4, 0.5) is 0 Å². The number of carbonyl (C=O) groups excluding carboxylic acids is 1. The van der Waals surface area contributed by atoms with Gasteiger partial charge in [0.05, 0.1) is 5.56 Å². The van der Waals surface area contributed by atoms with Crippen LogP contribution >= 0.6 is 0 Å². The molecule has 0 spiro atoms. The molecule has 1 heterocycles. The number of rotatable bonds is 1. The summed E-state index contributed by atoms with van der Waals surface area (Å²) in [4.78, 5) is 12.0. The molecule has 0 unspecified atom stereocenters. The minimum absolute atomic E-state index is 0.0514. The first-order valence-electron chi connectivity index (χ1n) is 5.43. The summed E-state index contributed by atoms with van der Waals surface area (Å²) in [5.41, 5.74) is 1.60. The Kier molecular flexibility index (Phi) is 2.26. The van der Waals surface area contributed by atoms with Crippen LogP contribution < -0.4 is 4.74 Å². The van der Waals surface area contributed by atoms with Crippen molar-refractivity contribution in [2.24, 2.45) is 0 Å². The van der Waals surface area contributed by atoms with E-state index in [0.717, 1.165) is 5.56 Å². The SMILES string of the molecule is O=C1/C(=C\c2ccccc2)Oc2ccccc21. The maximum Gasteiger partial charge on any atom is 0.231 e. The lowest BCUT2D eigenvalue weighted by Crippen LogP contribution is -1.97. The summed E-state index contributed by atoms with van der Waals surface area (Å²) in [6.45, 7) is 0. The maximum atomic E-state index is 12.0. The Balaban J connectivity index is 2.00. The highest BCUT2D eigenvalue weighted by Gasteiger charge is 2.26. The number of ether oxygens (including phenoxy) is 1. The standard InChI is InChI=1S/C15H10O2/c16-15-12-8-4-5-9-13(12)17-14(15)10-11-6-2-1-3-7-11/h1-10H/b14-10+. The topological polar surface area (TPSA) is 26.3 Å². The third kappa shape index (κ3) is 1.74. The van der Waals surface area contributed by atoms with Gasteiger partial charge in [0.1, 0.15) is 5.75 Å². The first-order chi connectivity index (χ1) is 8.34. The van der Waals surface area contributed by atoms with Crippen LogP contribution in [0, 0.1) is 0 Å². The molecule has 82 valence electrons. The molecular formula is C15H10O2. The quantitative estimate of drug-likeness (QED) is 0.692. The summed E-state index contributed by atoms with van der Waals surface area (Å²) >= 11 is 0. The molecule has 3 rings (SSSR count). The fourth-order valence-electron chi connectivity index (χ4n) is 1.84. The van der Waals surface area contributed by atoms with E-state index >= 15 is 0 Å². The molecule has 0 aliphatic carbocycles. The molecule has 1 aliphatic rings. The van der Waals surface area contributed by atoms with Gasteiger partial charge >= 0.3 is 0 Å². The molecule has 0 N–H and O–H groups in total. The third-order valence-electron chi connectivity index (χ3n) is 2.67. The van der Waals surface area contributed by atoms with Crippen molar-refractivity contribution < 1.29 is 9.53 Å². The van der Waals surface area contributed by atoms with Gasteiger partial charge in [0, 0.05) is 0 Å². The number of ketones is 1. The number of para-hydroxylation sites is 1. The first-order valence-corrected chi connectivity index (χ1v) is 5.43. The largest absolute Gasteiger partial charge is 0.452 e. The molecule has 2 aromatic carbocycles. The molecule has 0 bridgehead atoms. The number of allylic oxidation sites excluding steroid dienone is 1. The Bertz CT molecular complexity index is 597. The molecule has 2 nitrogen and oxygen atoms in total. The lowest BCUT2D eigenvalue weighted by atomic mass is 10.1. The Morgan fingerprint density at radius 2 is 1.59 bits per heavy atom. The van der Waals surface area contributed by atoms with Gasteiger partial charge in [0.15, 0.2) is 5.76 Å². The number of Topliss-reactive ketones (excluding diaryl/α,β-unsaturated/α-hetero) is 1. The van der Waals surface area contributed by atoms with Crippen molar-refractivity contribution in [2.45, 2.75) is 0 Å². The zero-order chi connectivity index (χ0) is 11.7. The lowest BCUT2D eigenvalue weighted by Gasteiger charge is -1.97. The fourth-order valence-corrected chi connectivity index (χ4v) is 1.84. The molecule has 0 amide bonds. The van der Waals surface area contributed by atoms with Gasteiger partial charge in [0.2, 0.25) is 5.78 Å². The highest BCUT2D eigenvalue weighted by Crippen LogP contribution is 2.31. The van der Waals surface area contributed by atoms with Crippen LogP contribution in [0.1, 0.15) is 15.9 Å². The molecule has 0 aromatic heterocycles. The van der Waals surface area contributed by atoms with E-state index in [9.17, 15) is 4.79 Å². The van der Waals surface area contributed by atoms with Crippen LogP contribution in [-0.4, -0.2) is 5.78 Å². The number of fused-ring (bicyclic) bond motifs is 1. The Hall–Kier alpha value is -2.35. The molecule has 0 fully saturated rings. The number of carbonyl (C=O) groups is 1. The van der Waals surface area contributed by atoms with E-state index in [0.29, 0.717) is 17.1 Å². The smallest absolute Gasteiger partial charge is 0.231 e. The Labute approximate surface area is 99.2 Å². The molecule has 17 heavy (non-hydrogen) atoms. The van der Waals surface area contributed by atoms with E-state index in [1.54, 1.807) is 18.2 Å². The monoisotopic (exact) mass is 222 g/mol. The van der Waals surface area contributed by atoms with E-state index in [1.165, 1.54) is 0 Å². The zero-order valence-electron chi connectivity index (χ0n) is 9.09. The van der Waals surface area contributed by atoms with Crippen molar-refractivity contribution in [1.82, 2.24) is 0 Å². The second kappa shape index (κ2) is 3.91. The molecule has 0 saturated carbocycles. The van der Waals surface area contributed by atoms with Crippen molar-refractivity contribution in [2.75, 3.05) is 0 Å². The molecule has 0 saturated heterocycles. The average Bonchev–Trinajstić information content (AvgIpc) is 2.68. The predicted molar refractivity (Wildman–Crippen MR) is 65.8 cm³/mol. The highest BCUT2D eigenvalue weighted by atomic mass is 16.5. The highest BCUT2D eigenvalue weighted by molar-refractivity contribution is 6.14. The van der Waals surface area contributed by atoms with E-state index in [2.05, 4.69) is 0 Å². The van der Waals surface area contributed by atoms with E-state index < -0.39 is 0 Å². The number of hydrogen-bond acceptors (Lipinski definition) is 2. The summed E-state index contributed by atoms with van der Waals surface area (Å²) < 4.78 is 5.53. The van der Waals surface area contributed by atoms with Crippen molar-refractivity contribution in [3.8, 4) is 5.75 Å². The van der Waals surface area contributed by atoms with Gasteiger partial charge in [-0.25, -0.2) is 0 Å². The molecule has 1 aliphatic heterocycles. The number of hydrogen-bond donors (Lipinski definition) is 0. The van der Waals surface area contributed by atoms with Gasteiger partial charge in [-0.1, -0.05) is 42.5 Å². The molecule has 2 aromatic rings. The van der Waals surface area contributed by atoms with Crippen molar-refractivity contribution in [3.63, 3.8) is 0 Å². The van der Waals surface area contributed by atoms with Crippen LogP contribution in [0.3, 0.4) is 0 Å². The van der Waals surface area contributed by atoms with E-state index in [1.807, 2.05) is 42.5 Å². The first kappa shape index (κ1) is 9.85. The minimum atomic E-state index is -0.0514. The van der Waals surface area contributed by atoms with Crippen molar-refractivity contribution in [3.05, 3.63) is 71.5 Å². The fraction of sp³-hybridized carbons (Fsp3) is 0. The molecule has 0 radical (unpaired) electrons. The van der Waals surface area contributed by atoms with Crippen LogP contribution in [0.2, 0.25) is 0 Å². The Morgan fingerprint density at radius 3 is 2.35 bits per heavy atom. The minimum Gasteiger partial charge on any atom is -0.452 e. The lowest BCUT2D eigenvalue weighted by molar-refractivity contribution is 0.101. The predicted octanol–water partition coefficient (Wildman–Crippen LogP) is 3.30. The second-order valence-electron chi connectivity index (χ2n) is 3.85. The summed E-state index contributed by atoms with van der Waals surface area (Å²) in [5, 5.41) is 0. The van der Waals surface area contributed by atoms with Crippen LogP contribution in [0.5, 0.6) is 5.75 Å². The number of benzene rings is 2. The van der Waals surface area contributed by atoms with Gasteiger partial charge in [-0.05, 0) is 23.8 Å². The summed E-state index contributed by atoms with van der Waals surface area (Å²) in [6.07, 6.45) is 1.77. The van der Waals surface area contributed by atoms with Gasteiger partial charge < -0.3 is 4.74 Å². The maximum absolute atomic E-state index is 12.0. The molecule has 0 atom stereocenters. The van der Waals surface area contributed by atoms with E-state index in [4.69, 9.17) is 4.74 Å². The second-order valence-corrected chi connectivity index (χ2v) is 3.85. The summed E-state index contributed by atoms with van der Waals surface area (Å²) in [7, 11) is 0. The summed E-state index contributed by atoms with van der Waals surface area (Å²) in [5.74, 6) is 0.974. The van der Waals surface area contributed by atoms with Gasteiger partial charge in [-0.15, -0.1) is 0 Å². The van der Waals surface area contributed by atoms with Crippen LogP contribution in [0.15, 0.2) is 60.4 Å². The average molecular weight is 222 g/mol. The normalized spacial score (nSPS) is 15.8. The van der Waals surface area contributed by atoms with Crippen molar-refractivity contribution >= 4 is 11.9 Å². The molecular weight excluding hydrogens is 212 g/mol. The van der Waals surface area contributed by atoms with Crippen molar-refractivity contribution in [1.29, 1.82) is 0 Å². The molecule has 2 heteroatoms. The van der Waals surface area contributed by atoms with Gasteiger partial charge in [0.25, 0.3) is 0 Å². The summed E-state index contributed by atoms with van der Waals surface area (Å²) in [6, 6.07) is 17.0. The Morgan fingerprint density at radius 1 is 0.882 bits per heavy atom.